The van der Waals surface area contributed by atoms with Crippen molar-refractivity contribution >= 4 is 5.82 Å². The molecule has 0 spiro atoms. The second kappa shape index (κ2) is 5.86. The van der Waals surface area contributed by atoms with Gasteiger partial charge in [-0.15, -0.1) is 0 Å². The summed E-state index contributed by atoms with van der Waals surface area (Å²) in [6.07, 6.45) is 1.70. The van der Waals surface area contributed by atoms with Gasteiger partial charge in [0.05, 0.1) is 17.6 Å². The van der Waals surface area contributed by atoms with Crippen molar-refractivity contribution in [2.24, 2.45) is 5.92 Å². The Bertz CT molecular complexity index is 467. The maximum absolute atomic E-state index is 9.15. The molecule has 1 heterocycles. The summed E-state index contributed by atoms with van der Waals surface area (Å²) in [6, 6.07) is 6.21. The Morgan fingerprint density at radius 1 is 1.47 bits per heavy atom. The summed E-state index contributed by atoms with van der Waals surface area (Å²) in [5, 5.41) is 18.0. The highest BCUT2D eigenvalue weighted by atomic mass is 15.2. The van der Waals surface area contributed by atoms with Crippen molar-refractivity contribution in [3.05, 3.63) is 23.4 Å². The first-order valence-corrected chi connectivity index (χ1v) is 5.64. The molecule has 88 valence electrons. The maximum atomic E-state index is 9.15. The van der Waals surface area contributed by atoms with Crippen LogP contribution in [0.5, 0.6) is 0 Å². The third-order valence-corrected chi connectivity index (χ3v) is 2.65. The molecular weight excluding hydrogens is 212 g/mol. The molecule has 4 heteroatoms. The van der Waals surface area contributed by atoms with Crippen molar-refractivity contribution in [2.45, 2.75) is 20.8 Å². The Morgan fingerprint density at radius 2 is 2.18 bits per heavy atom. The van der Waals surface area contributed by atoms with Gasteiger partial charge in [-0.05, 0) is 32.4 Å². The zero-order valence-electron chi connectivity index (χ0n) is 10.4. The van der Waals surface area contributed by atoms with Crippen LogP contribution >= 0.6 is 0 Å². The Morgan fingerprint density at radius 3 is 2.71 bits per heavy atom. The third kappa shape index (κ3) is 2.95. The molecule has 0 aromatic carbocycles. The van der Waals surface area contributed by atoms with E-state index in [2.05, 4.69) is 17.1 Å². The van der Waals surface area contributed by atoms with Gasteiger partial charge in [-0.3, -0.25) is 0 Å². The molecule has 0 saturated heterocycles. The summed E-state index contributed by atoms with van der Waals surface area (Å²) in [4.78, 5) is 6.23. The van der Waals surface area contributed by atoms with Crippen LogP contribution in [-0.2, 0) is 0 Å². The normalized spacial score (nSPS) is 11.4. The molecule has 0 N–H and O–H groups in total. The number of rotatable bonds is 4. The molecule has 0 saturated carbocycles. The molecule has 0 fully saturated rings. The van der Waals surface area contributed by atoms with Crippen LogP contribution in [0.4, 0.5) is 5.82 Å². The molecule has 17 heavy (non-hydrogen) atoms. The predicted molar refractivity (Wildman–Crippen MR) is 66.4 cm³/mol. The lowest BCUT2D eigenvalue weighted by molar-refractivity contribution is 0.678. The standard InChI is InChI=1S/C13H16N4/c1-4-17(9-10(2)7-14)13-12(8-15)11(3)5-6-16-13/h5-6,10H,4,9H2,1-3H3. The molecule has 1 unspecified atom stereocenters. The van der Waals surface area contributed by atoms with Crippen LogP contribution in [0, 0.1) is 35.5 Å². The van der Waals surface area contributed by atoms with Gasteiger partial charge in [-0.25, -0.2) is 4.98 Å². The number of anilines is 1. The Hall–Kier alpha value is -2.07. The lowest BCUT2D eigenvalue weighted by atomic mass is 10.1. The van der Waals surface area contributed by atoms with Crippen molar-refractivity contribution < 1.29 is 0 Å². The van der Waals surface area contributed by atoms with Gasteiger partial charge >= 0.3 is 0 Å². The largest absolute Gasteiger partial charge is 0.354 e. The minimum absolute atomic E-state index is 0.0798. The summed E-state index contributed by atoms with van der Waals surface area (Å²) in [5.41, 5.74) is 1.51. The number of aryl methyl sites for hydroxylation is 1. The maximum Gasteiger partial charge on any atom is 0.146 e. The Labute approximate surface area is 102 Å². The van der Waals surface area contributed by atoms with Crippen LogP contribution in [0.1, 0.15) is 25.0 Å². The summed E-state index contributed by atoms with van der Waals surface area (Å²) in [6.45, 7) is 7.08. The van der Waals surface area contributed by atoms with Crippen molar-refractivity contribution in [1.82, 2.24) is 4.98 Å². The summed E-state index contributed by atoms with van der Waals surface area (Å²) < 4.78 is 0. The molecule has 1 atom stereocenters. The minimum Gasteiger partial charge on any atom is -0.354 e. The number of nitriles is 2. The van der Waals surface area contributed by atoms with Crippen LogP contribution in [0.2, 0.25) is 0 Å². The lowest BCUT2D eigenvalue weighted by Gasteiger charge is -2.24. The third-order valence-electron chi connectivity index (χ3n) is 2.65. The molecule has 0 aliphatic heterocycles. The Balaban J connectivity index is 3.09. The first-order valence-electron chi connectivity index (χ1n) is 5.64. The van der Waals surface area contributed by atoms with E-state index >= 15 is 0 Å². The molecule has 0 amide bonds. The van der Waals surface area contributed by atoms with Gasteiger partial charge in [-0.1, -0.05) is 0 Å². The van der Waals surface area contributed by atoms with Gasteiger partial charge in [0.15, 0.2) is 0 Å². The monoisotopic (exact) mass is 228 g/mol. The zero-order chi connectivity index (χ0) is 12.8. The fourth-order valence-corrected chi connectivity index (χ4v) is 1.66. The molecule has 0 aliphatic carbocycles. The first kappa shape index (κ1) is 13.0. The predicted octanol–water partition coefficient (Wildman–Crippen LogP) is 2.25. The molecule has 0 aliphatic rings. The van der Waals surface area contributed by atoms with E-state index in [1.54, 1.807) is 6.20 Å². The SMILES string of the molecule is CCN(CC(C)C#N)c1nccc(C)c1C#N. The highest BCUT2D eigenvalue weighted by molar-refractivity contribution is 5.57. The number of hydrogen-bond acceptors (Lipinski definition) is 4. The highest BCUT2D eigenvalue weighted by Gasteiger charge is 2.15. The smallest absolute Gasteiger partial charge is 0.146 e. The van der Waals surface area contributed by atoms with Crippen molar-refractivity contribution in [2.75, 3.05) is 18.0 Å². The van der Waals surface area contributed by atoms with E-state index in [4.69, 9.17) is 10.5 Å². The first-order chi connectivity index (χ1) is 8.13. The van der Waals surface area contributed by atoms with Gasteiger partial charge in [0.25, 0.3) is 0 Å². The number of hydrogen-bond donors (Lipinski definition) is 0. The van der Waals surface area contributed by atoms with E-state index in [0.29, 0.717) is 17.9 Å². The second-order valence-electron chi connectivity index (χ2n) is 4.01. The molecule has 4 nitrogen and oxygen atoms in total. The summed E-state index contributed by atoms with van der Waals surface area (Å²) in [5.74, 6) is 0.598. The number of aromatic nitrogens is 1. The van der Waals surface area contributed by atoms with Gasteiger partial charge in [0.2, 0.25) is 0 Å². The highest BCUT2D eigenvalue weighted by Crippen LogP contribution is 2.20. The number of nitrogens with zero attached hydrogens (tertiary/aromatic N) is 4. The topological polar surface area (TPSA) is 63.7 Å². The van der Waals surface area contributed by atoms with Crippen molar-refractivity contribution in [1.29, 1.82) is 10.5 Å². The average Bonchev–Trinajstić information content (AvgIpc) is 2.35. The fraction of sp³-hybridized carbons (Fsp3) is 0.462. The van der Waals surface area contributed by atoms with Crippen LogP contribution < -0.4 is 4.90 Å². The van der Waals surface area contributed by atoms with E-state index < -0.39 is 0 Å². The van der Waals surface area contributed by atoms with E-state index in [0.717, 1.165) is 12.1 Å². The van der Waals surface area contributed by atoms with Crippen LogP contribution in [-0.4, -0.2) is 18.1 Å². The van der Waals surface area contributed by atoms with Crippen LogP contribution in [0.15, 0.2) is 12.3 Å². The van der Waals surface area contributed by atoms with Gasteiger partial charge in [0, 0.05) is 19.3 Å². The van der Waals surface area contributed by atoms with Crippen LogP contribution in [0.25, 0.3) is 0 Å². The lowest BCUT2D eigenvalue weighted by Crippen LogP contribution is -2.29. The second-order valence-corrected chi connectivity index (χ2v) is 4.01. The molecule has 0 bridgehead atoms. The van der Waals surface area contributed by atoms with Gasteiger partial charge < -0.3 is 4.90 Å². The van der Waals surface area contributed by atoms with Gasteiger partial charge in [-0.2, -0.15) is 10.5 Å². The fourth-order valence-electron chi connectivity index (χ4n) is 1.66. The van der Waals surface area contributed by atoms with E-state index in [-0.39, 0.29) is 5.92 Å². The summed E-state index contributed by atoms with van der Waals surface area (Å²) in [7, 11) is 0. The van der Waals surface area contributed by atoms with E-state index in [1.165, 1.54) is 0 Å². The van der Waals surface area contributed by atoms with Gasteiger partial charge in [0.1, 0.15) is 11.9 Å². The average molecular weight is 228 g/mol. The quantitative estimate of drug-likeness (QED) is 0.792. The van der Waals surface area contributed by atoms with E-state index in [1.807, 2.05) is 31.7 Å². The molecule has 1 aromatic heterocycles. The minimum atomic E-state index is -0.0798. The van der Waals surface area contributed by atoms with Crippen LogP contribution in [0.3, 0.4) is 0 Å². The summed E-state index contributed by atoms with van der Waals surface area (Å²) >= 11 is 0. The molecule has 0 radical (unpaired) electrons. The zero-order valence-corrected chi connectivity index (χ0v) is 10.4. The van der Waals surface area contributed by atoms with Crippen molar-refractivity contribution in [3.8, 4) is 12.1 Å². The molecule has 1 rings (SSSR count). The molecule has 1 aromatic rings. The Kier molecular flexibility index (Phi) is 4.48. The van der Waals surface area contributed by atoms with Crippen molar-refractivity contribution in [3.63, 3.8) is 0 Å². The molecular formula is C13H16N4. The number of pyridine rings is 1. The van der Waals surface area contributed by atoms with E-state index in [9.17, 15) is 0 Å².